The van der Waals surface area contributed by atoms with Gasteiger partial charge in [0.05, 0.1) is 0 Å². The van der Waals surface area contributed by atoms with Crippen LogP contribution in [0.5, 0.6) is 0 Å². The van der Waals surface area contributed by atoms with Crippen LogP contribution in [0.15, 0.2) is 54.6 Å². The van der Waals surface area contributed by atoms with Crippen molar-refractivity contribution in [1.29, 1.82) is 0 Å². The Balaban J connectivity index is 1.74. The second-order valence-corrected chi connectivity index (χ2v) is 6.85. The lowest BCUT2D eigenvalue weighted by Crippen LogP contribution is -2.21. The maximum absolute atomic E-state index is 12.7. The summed E-state index contributed by atoms with van der Waals surface area (Å²) in [6.07, 6.45) is 0. The van der Waals surface area contributed by atoms with E-state index in [1.54, 1.807) is 13.0 Å². The van der Waals surface area contributed by atoms with Crippen LogP contribution in [-0.2, 0) is 0 Å². The zero-order chi connectivity index (χ0) is 20.8. The highest BCUT2D eigenvalue weighted by Gasteiger charge is 2.12. The van der Waals surface area contributed by atoms with Crippen LogP contribution >= 0.6 is 0 Å². The zero-order valence-electron chi connectivity index (χ0n) is 17.4. The topological polar surface area (TPSA) is 70.2 Å². The molecule has 3 rings (SSSR count). The Morgan fingerprint density at radius 1 is 0.931 bits per heavy atom. The van der Waals surface area contributed by atoms with Gasteiger partial charge in [0, 0.05) is 36.2 Å². The van der Waals surface area contributed by atoms with Crippen molar-refractivity contribution < 1.29 is 4.79 Å². The number of benzene rings is 2. The number of aryl methyl sites for hydroxylation is 2. The number of rotatable bonds is 7. The van der Waals surface area contributed by atoms with Gasteiger partial charge in [0.25, 0.3) is 5.91 Å². The second kappa shape index (κ2) is 9.19. The highest BCUT2D eigenvalue weighted by molar-refractivity contribution is 6.03. The highest BCUT2D eigenvalue weighted by Crippen LogP contribution is 2.20. The second-order valence-electron chi connectivity index (χ2n) is 6.85. The van der Waals surface area contributed by atoms with E-state index in [-0.39, 0.29) is 5.91 Å². The third-order valence-electron chi connectivity index (χ3n) is 4.61. The maximum atomic E-state index is 12.7. The Hall–Kier alpha value is -3.41. The number of anilines is 4. The van der Waals surface area contributed by atoms with Crippen molar-refractivity contribution in [1.82, 2.24) is 9.97 Å². The Kier molecular flexibility index (Phi) is 6.44. The fraction of sp³-hybridized carbons (Fsp3) is 0.261. The minimum Gasteiger partial charge on any atom is -0.372 e. The lowest BCUT2D eigenvalue weighted by atomic mass is 10.2. The Labute approximate surface area is 172 Å². The molecule has 0 unspecified atom stereocenters. The van der Waals surface area contributed by atoms with Crippen LogP contribution in [-0.4, -0.2) is 29.0 Å². The normalized spacial score (nSPS) is 10.5. The van der Waals surface area contributed by atoms with Gasteiger partial charge in [0.2, 0.25) is 0 Å². The summed E-state index contributed by atoms with van der Waals surface area (Å²) in [4.78, 5) is 23.6. The highest BCUT2D eigenvalue weighted by atomic mass is 16.1. The van der Waals surface area contributed by atoms with E-state index in [4.69, 9.17) is 0 Å². The first-order valence-corrected chi connectivity index (χ1v) is 9.84. The molecule has 2 N–H and O–H groups in total. The SMILES string of the molecule is CCN(CC)c1ccc(NC(=O)c2cc(Nc3cccc(C)c3)nc(C)n2)cc1. The van der Waals surface area contributed by atoms with Crippen LogP contribution in [0.1, 0.15) is 35.7 Å². The number of carbonyl (C=O) groups is 1. The van der Waals surface area contributed by atoms with Crippen LogP contribution in [0.25, 0.3) is 0 Å². The number of nitrogens with zero attached hydrogens (tertiary/aromatic N) is 3. The Morgan fingerprint density at radius 3 is 2.31 bits per heavy atom. The van der Waals surface area contributed by atoms with Gasteiger partial charge in [-0.05, 0) is 69.7 Å². The first kappa shape index (κ1) is 20.3. The van der Waals surface area contributed by atoms with Gasteiger partial charge in [-0.2, -0.15) is 0 Å². The van der Waals surface area contributed by atoms with Crippen LogP contribution in [0.4, 0.5) is 22.9 Å². The van der Waals surface area contributed by atoms with Crippen LogP contribution in [0, 0.1) is 13.8 Å². The molecule has 29 heavy (non-hydrogen) atoms. The van der Waals surface area contributed by atoms with E-state index < -0.39 is 0 Å². The number of nitrogens with one attached hydrogen (secondary N) is 2. The molecule has 2 aromatic carbocycles. The molecule has 3 aromatic rings. The molecule has 1 heterocycles. The molecule has 1 aromatic heterocycles. The minimum absolute atomic E-state index is 0.265. The van der Waals surface area contributed by atoms with E-state index in [0.717, 1.165) is 35.7 Å². The molecule has 0 aliphatic heterocycles. The molecule has 0 radical (unpaired) electrons. The molecule has 0 aliphatic carbocycles. The summed E-state index contributed by atoms with van der Waals surface area (Å²) < 4.78 is 0. The fourth-order valence-electron chi connectivity index (χ4n) is 3.16. The average molecular weight is 390 g/mol. The maximum Gasteiger partial charge on any atom is 0.274 e. The molecular weight excluding hydrogens is 362 g/mol. The van der Waals surface area contributed by atoms with E-state index in [0.29, 0.717) is 17.3 Å². The molecular formula is C23H27N5O. The molecule has 0 saturated carbocycles. The van der Waals surface area contributed by atoms with Gasteiger partial charge >= 0.3 is 0 Å². The van der Waals surface area contributed by atoms with Gasteiger partial charge in [-0.1, -0.05) is 12.1 Å². The number of carbonyl (C=O) groups excluding carboxylic acids is 1. The molecule has 150 valence electrons. The summed E-state index contributed by atoms with van der Waals surface area (Å²) in [5.74, 6) is 0.855. The zero-order valence-corrected chi connectivity index (χ0v) is 17.4. The third kappa shape index (κ3) is 5.31. The lowest BCUT2D eigenvalue weighted by molar-refractivity contribution is 0.102. The van der Waals surface area contributed by atoms with Crippen LogP contribution < -0.4 is 15.5 Å². The molecule has 6 heteroatoms. The fourth-order valence-corrected chi connectivity index (χ4v) is 3.16. The van der Waals surface area contributed by atoms with Crippen molar-refractivity contribution in [2.24, 2.45) is 0 Å². The lowest BCUT2D eigenvalue weighted by Gasteiger charge is -2.21. The van der Waals surface area contributed by atoms with E-state index in [9.17, 15) is 4.79 Å². The summed E-state index contributed by atoms with van der Waals surface area (Å²) in [6.45, 7) is 9.94. The summed E-state index contributed by atoms with van der Waals surface area (Å²) >= 11 is 0. The van der Waals surface area contributed by atoms with Crippen molar-refractivity contribution in [3.05, 3.63) is 71.7 Å². The van der Waals surface area contributed by atoms with E-state index in [1.807, 2.05) is 55.5 Å². The van der Waals surface area contributed by atoms with Gasteiger partial charge in [-0.3, -0.25) is 4.79 Å². The molecule has 6 nitrogen and oxygen atoms in total. The minimum atomic E-state index is -0.265. The van der Waals surface area contributed by atoms with Crippen molar-refractivity contribution >= 4 is 28.8 Å². The number of hydrogen-bond donors (Lipinski definition) is 2. The molecule has 0 saturated heterocycles. The van der Waals surface area contributed by atoms with Gasteiger partial charge in [-0.15, -0.1) is 0 Å². The average Bonchev–Trinajstić information content (AvgIpc) is 2.70. The van der Waals surface area contributed by atoms with Gasteiger partial charge in [-0.25, -0.2) is 9.97 Å². The summed E-state index contributed by atoms with van der Waals surface area (Å²) in [6, 6.07) is 17.5. The summed E-state index contributed by atoms with van der Waals surface area (Å²) in [5, 5.41) is 6.15. The molecule has 0 spiro atoms. The van der Waals surface area contributed by atoms with Crippen molar-refractivity contribution in [2.45, 2.75) is 27.7 Å². The first-order chi connectivity index (χ1) is 14.0. The van der Waals surface area contributed by atoms with Crippen LogP contribution in [0.3, 0.4) is 0 Å². The smallest absolute Gasteiger partial charge is 0.274 e. The molecule has 0 aliphatic rings. The van der Waals surface area contributed by atoms with Crippen LogP contribution in [0.2, 0.25) is 0 Å². The van der Waals surface area contributed by atoms with Gasteiger partial charge in [0.1, 0.15) is 17.3 Å². The molecule has 0 fully saturated rings. The largest absolute Gasteiger partial charge is 0.372 e. The Bertz CT molecular complexity index is 981. The first-order valence-electron chi connectivity index (χ1n) is 9.84. The molecule has 0 bridgehead atoms. The Morgan fingerprint density at radius 2 is 1.66 bits per heavy atom. The van der Waals surface area contributed by atoms with E-state index in [1.165, 1.54) is 0 Å². The number of hydrogen-bond acceptors (Lipinski definition) is 5. The molecule has 1 amide bonds. The quantitative estimate of drug-likeness (QED) is 0.599. The van der Waals surface area contributed by atoms with E-state index in [2.05, 4.69) is 39.3 Å². The van der Waals surface area contributed by atoms with Gasteiger partial charge < -0.3 is 15.5 Å². The summed E-state index contributed by atoms with van der Waals surface area (Å²) in [7, 11) is 0. The predicted molar refractivity (Wildman–Crippen MR) is 119 cm³/mol. The summed E-state index contributed by atoms with van der Waals surface area (Å²) in [5.41, 5.74) is 4.25. The van der Waals surface area contributed by atoms with Crippen molar-refractivity contribution in [3.63, 3.8) is 0 Å². The predicted octanol–water partition coefficient (Wildman–Crippen LogP) is 4.94. The standard InChI is InChI=1S/C23H27N5O/c1-5-28(6-2)20-12-10-18(11-13-20)27-23(29)21-15-22(25-17(4)24-21)26-19-9-7-8-16(3)14-19/h7-15H,5-6H2,1-4H3,(H,27,29)(H,24,25,26). The number of amides is 1. The third-order valence-corrected chi connectivity index (χ3v) is 4.61. The van der Waals surface area contributed by atoms with Crippen molar-refractivity contribution in [3.8, 4) is 0 Å². The molecule has 0 atom stereocenters. The van der Waals surface area contributed by atoms with E-state index >= 15 is 0 Å². The van der Waals surface area contributed by atoms with Gasteiger partial charge in [0.15, 0.2) is 0 Å². The van der Waals surface area contributed by atoms with Crippen molar-refractivity contribution in [2.75, 3.05) is 28.6 Å². The number of aromatic nitrogens is 2. The monoisotopic (exact) mass is 389 g/mol.